The van der Waals surface area contributed by atoms with Crippen molar-refractivity contribution in [3.8, 4) is 5.88 Å². The Morgan fingerprint density at radius 2 is 2.03 bits per heavy atom. The van der Waals surface area contributed by atoms with Gasteiger partial charge in [0, 0.05) is 19.2 Å². The molecule has 9 heteroatoms. The third-order valence-corrected chi connectivity index (χ3v) is 4.61. The highest BCUT2D eigenvalue weighted by Crippen LogP contribution is 2.28. The molecule has 3 heterocycles. The van der Waals surface area contributed by atoms with E-state index in [2.05, 4.69) is 25.5 Å². The number of likely N-dealkylation sites (N-methyl/N-ethyl adjacent to an activating group) is 1. The highest BCUT2D eigenvalue weighted by atomic mass is 16.5. The van der Waals surface area contributed by atoms with Gasteiger partial charge in [0.15, 0.2) is 0 Å². The molecular weight excluding hydrogens is 372 g/mol. The van der Waals surface area contributed by atoms with Crippen molar-refractivity contribution >= 4 is 17.5 Å². The van der Waals surface area contributed by atoms with Crippen LogP contribution in [0.2, 0.25) is 0 Å². The number of fused-ring (bicyclic) bond motifs is 1. The summed E-state index contributed by atoms with van der Waals surface area (Å²) in [5, 5.41) is 9.39. The minimum absolute atomic E-state index is 0.0258. The van der Waals surface area contributed by atoms with Crippen molar-refractivity contribution < 1.29 is 14.3 Å². The van der Waals surface area contributed by atoms with Crippen molar-refractivity contribution in [2.75, 3.05) is 18.6 Å². The molecule has 0 bridgehead atoms. The normalized spacial score (nSPS) is 16.0. The molecule has 1 atom stereocenters. The van der Waals surface area contributed by atoms with Crippen LogP contribution in [0.5, 0.6) is 5.88 Å². The molecule has 3 aromatic rings. The fourth-order valence-electron chi connectivity index (χ4n) is 3.06. The Bertz CT molecular complexity index is 1050. The Hall–Kier alpha value is -3.75. The molecule has 0 saturated carbocycles. The number of anilines is 1. The molecule has 0 unspecified atom stereocenters. The van der Waals surface area contributed by atoms with E-state index in [9.17, 15) is 9.59 Å². The van der Waals surface area contributed by atoms with Crippen LogP contribution >= 0.6 is 0 Å². The first-order valence-corrected chi connectivity index (χ1v) is 9.15. The molecule has 1 aliphatic heterocycles. The number of hydrogen-bond acceptors (Lipinski definition) is 6. The van der Waals surface area contributed by atoms with E-state index in [1.807, 2.05) is 37.3 Å². The first-order chi connectivity index (χ1) is 14.0. The summed E-state index contributed by atoms with van der Waals surface area (Å²) in [6, 6.07) is 12.4. The van der Waals surface area contributed by atoms with Crippen LogP contribution in [0.15, 0.2) is 42.5 Å². The summed E-state index contributed by atoms with van der Waals surface area (Å²) in [6.07, 6.45) is 0.523. The molecule has 29 heavy (non-hydrogen) atoms. The number of nitrogens with zero attached hydrogens (tertiary/aromatic N) is 4. The lowest BCUT2D eigenvalue weighted by Crippen LogP contribution is -2.49. The lowest BCUT2D eigenvalue weighted by Gasteiger charge is -2.19. The predicted octanol–water partition coefficient (Wildman–Crippen LogP) is 1.25. The minimum Gasteiger partial charge on any atom is -0.473 e. The molecule has 0 aliphatic carbocycles. The fraction of sp³-hybridized carbons (Fsp3) is 0.250. The molecule has 0 spiro atoms. The quantitative estimate of drug-likeness (QED) is 0.691. The van der Waals surface area contributed by atoms with E-state index in [1.54, 1.807) is 19.2 Å². The van der Waals surface area contributed by atoms with E-state index in [0.29, 0.717) is 23.8 Å². The van der Waals surface area contributed by atoms with Crippen molar-refractivity contribution in [1.29, 1.82) is 0 Å². The maximum absolute atomic E-state index is 12.8. The van der Waals surface area contributed by atoms with E-state index < -0.39 is 11.9 Å². The SMILES string of the molecule is Cc1ccc2c(n1)OC[C@H](NC(=O)c1n[nH]c(Cc3ccccc3)n1)C(=O)N2C. The van der Waals surface area contributed by atoms with E-state index in [0.717, 1.165) is 11.3 Å². The maximum atomic E-state index is 12.8. The van der Waals surface area contributed by atoms with Gasteiger partial charge in [0.2, 0.25) is 11.7 Å². The zero-order chi connectivity index (χ0) is 20.4. The van der Waals surface area contributed by atoms with Gasteiger partial charge in [-0.05, 0) is 24.6 Å². The predicted molar refractivity (Wildman–Crippen MR) is 105 cm³/mol. The average molecular weight is 392 g/mol. The third-order valence-electron chi connectivity index (χ3n) is 4.61. The number of carbonyl (C=O) groups is 2. The Kier molecular flexibility index (Phi) is 4.94. The Morgan fingerprint density at radius 1 is 1.24 bits per heavy atom. The highest BCUT2D eigenvalue weighted by molar-refractivity contribution is 6.02. The molecule has 148 valence electrons. The topological polar surface area (TPSA) is 113 Å². The fourth-order valence-corrected chi connectivity index (χ4v) is 3.06. The van der Waals surface area contributed by atoms with E-state index in [4.69, 9.17) is 4.74 Å². The van der Waals surface area contributed by atoms with Crippen LogP contribution in [0.3, 0.4) is 0 Å². The van der Waals surface area contributed by atoms with E-state index in [1.165, 1.54) is 4.90 Å². The van der Waals surface area contributed by atoms with Crippen molar-refractivity contribution in [2.45, 2.75) is 19.4 Å². The summed E-state index contributed by atoms with van der Waals surface area (Å²) in [6.45, 7) is 1.81. The van der Waals surface area contributed by atoms with Gasteiger partial charge in [0.25, 0.3) is 11.8 Å². The number of H-pyrrole nitrogens is 1. The molecular formula is C20H20N6O3. The number of hydrogen-bond donors (Lipinski definition) is 2. The first-order valence-electron chi connectivity index (χ1n) is 9.15. The molecule has 2 amide bonds. The van der Waals surface area contributed by atoms with Crippen LogP contribution in [-0.2, 0) is 11.2 Å². The average Bonchev–Trinajstić information content (AvgIpc) is 3.15. The van der Waals surface area contributed by atoms with Crippen molar-refractivity contribution in [1.82, 2.24) is 25.5 Å². The van der Waals surface area contributed by atoms with E-state index in [-0.39, 0.29) is 18.3 Å². The molecule has 9 nitrogen and oxygen atoms in total. The zero-order valence-electron chi connectivity index (χ0n) is 16.0. The molecule has 2 aromatic heterocycles. The Labute approximate surface area is 167 Å². The largest absolute Gasteiger partial charge is 0.473 e. The summed E-state index contributed by atoms with van der Waals surface area (Å²) in [5.41, 5.74) is 2.38. The first kappa shape index (κ1) is 18.6. The number of ether oxygens (including phenoxy) is 1. The van der Waals surface area contributed by atoms with Gasteiger partial charge in [0.1, 0.15) is 24.2 Å². The van der Waals surface area contributed by atoms with Gasteiger partial charge in [-0.1, -0.05) is 30.3 Å². The van der Waals surface area contributed by atoms with Gasteiger partial charge >= 0.3 is 0 Å². The van der Waals surface area contributed by atoms with Crippen LogP contribution < -0.4 is 15.0 Å². The standard InChI is InChI=1S/C20H20N6O3/c1-12-8-9-15-19(21-12)29-11-14(20(28)26(15)2)22-18(27)17-23-16(24-25-17)10-13-6-4-3-5-7-13/h3-9,14H,10-11H2,1-2H3,(H,22,27)(H,23,24,25)/t14-/m0/s1. The van der Waals surface area contributed by atoms with Crippen LogP contribution in [0.25, 0.3) is 0 Å². The lowest BCUT2D eigenvalue weighted by molar-refractivity contribution is -0.120. The second-order valence-corrected chi connectivity index (χ2v) is 6.78. The van der Waals surface area contributed by atoms with Crippen LogP contribution in [0.1, 0.15) is 27.7 Å². The van der Waals surface area contributed by atoms with Gasteiger partial charge in [-0.25, -0.2) is 9.97 Å². The molecule has 0 radical (unpaired) electrons. The summed E-state index contributed by atoms with van der Waals surface area (Å²) < 4.78 is 5.67. The Balaban J connectivity index is 1.45. The van der Waals surface area contributed by atoms with Gasteiger partial charge < -0.3 is 15.0 Å². The lowest BCUT2D eigenvalue weighted by atomic mass is 10.1. The zero-order valence-corrected chi connectivity index (χ0v) is 16.0. The van der Waals surface area contributed by atoms with Crippen LogP contribution in [-0.4, -0.2) is 51.7 Å². The summed E-state index contributed by atoms with van der Waals surface area (Å²) in [5.74, 6) is 0.0468. The molecule has 0 saturated heterocycles. The molecule has 4 rings (SSSR count). The minimum atomic E-state index is -0.877. The van der Waals surface area contributed by atoms with Crippen LogP contribution in [0, 0.1) is 6.92 Å². The monoisotopic (exact) mass is 392 g/mol. The molecule has 1 aromatic carbocycles. The van der Waals surface area contributed by atoms with Crippen LogP contribution in [0.4, 0.5) is 5.69 Å². The number of benzene rings is 1. The summed E-state index contributed by atoms with van der Waals surface area (Å²) in [7, 11) is 1.62. The van der Waals surface area contributed by atoms with Gasteiger partial charge in [-0.15, -0.1) is 5.10 Å². The van der Waals surface area contributed by atoms with E-state index >= 15 is 0 Å². The number of aromatic nitrogens is 4. The maximum Gasteiger partial charge on any atom is 0.291 e. The summed E-state index contributed by atoms with van der Waals surface area (Å²) in [4.78, 5) is 35.3. The number of carbonyl (C=O) groups excluding carboxylic acids is 2. The van der Waals surface area contributed by atoms with Crippen molar-refractivity contribution in [2.24, 2.45) is 0 Å². The highest BCUT2D eigenvalue weighted by Gasteiger charge is 2.32. The number of aromatic amines is 1. The number of nitrogens with one attached hydrogen (secondary N) is 2. The molecule has 1 aliphatic rings. The third kappa shape index (κ3) is 3.93. The van der Waals surface area contributed by atoms with Gasteiger partial charge in [0.05, 0.1) is 0 Å². The second kappa shape index (κ2) is 7.70. The number of amides is 2. The number of rotatable bonds is 4. The van der Waals surface area contributed by atoms with Gasteiger partial charge in [-0.3, -0.25) is 14.7 Å². The van der Waals surface area contributed by atoms with Crippen molar-refractivity contribution in [3.63, 3.8) is 0 Å². The Morgan fingerprint density at radius 3 is 2.83 bits per heavy atom. The second-order valence-electron chi connectivity index (χ2n) is 6.78. The van der Waals surface area contributed by atoms with Gasteiger partial charge in [-0.2, -0.15) is 0 Å². The summed E-state index contributed by atoms with van der Waals surface area (Å²) >= 11 is 0. The smallest absolute Gasteiger partial charge is 0.291 e. The number of pyridine rings is 1. The molecule has 2 N–H and O–H groups in total. The number of aryl methyl sites for hydroxylation is 1. The molecule has 0 fully saturated rings. The van der Waals surface area contributed by atoms with Crippen molar-refractivity contribution in [3.05, 3.63) is 65.4 Å².